The van der Waals surface area contributed by atoms with E-state index in [9.17, 15) is 48.6 Å². The van der Waals surface area contributed by atoms with Crippen LogP contribution in [0.4, 0.5) is 0 Å². The number of carbonyl (C=O) groups excluding carboxylic acids is 6. The number of imide groups is 1. The molecule has 0 rings (SSSR count). The fraction of sp³-hybridized carbons (Fsp3) is 0.833. The maximum absolute atomic E-state index is 13.3. The Bertz CT molecular complexity index is 1370. The Balaban J connectivity index is 5.19. The molecule has 0 radical (unpaired) electrons. The summed E-state index contributed by atoms with van der Waals surface area (Å²) in [5.41, 5.74) is 10.5. The summed E-state index contributed by atoms with van der Waals surface area (Å²) in [6.07, 6.45) is 27.2. The summed E-state index contributed by atoms with van der Waals surface area (Å²) in [6.45, 7) is 2.75. The summed E-state index contributed by atoms with van der Waals surface area (Å²) >= 11 is 1.14. The molecule has 1 unspecified atom stereocenters. The molecule has 0 aromatic carbocycles. The van der Waals surface area contributed by atoms with Crippen molar-refractivity contribution in [2.24, 2.45) is 11.5 Å². The Morgan fingerprint density at radius 3 is 1.42 bits per heavy atom. The highest BCUT2D eigenvalue weighted by Gasteiger charge is 2.36. The molecule has 0 aliphatic heterocycles. The average Bonchev–Trinajstić information content (AvgIpc) is 3.27. The molecule has 0 aliphatic rings. The minimum Gasteiger partial charge on any atom is -0.481 e. The van der Waals surface area contributed by atoms with Crippen LogP contribution in [0.2, 0.25) is 0 Å². The van der Waals surface area contributed by atoms with E-state index in [0.717, 1.165) is 50.3 Å². The lowest BCUT2D eigenvalue weighted by Gasteiger charge is -2.26. The molecular weight excluding hydrogens is 871 g/mol. The van der Waals surface area contributed by atoms with Crippen LogP contribution in [0.25, 0.3) is 0 Å². The van der Waals surface area contributed by atoms with Crippen LogP contribution < -0.4 is 22.1 Å². The van der Waals surface area contributed by atoms with Crippen LogP contribution in [0.5, 0.6) is 0 Å². The summed E-state index contributed by atoms with van der Waals surface area (Å²) < 4.78 is 11.3. The van der Waals surface area contributed by atoms with Crippen LogP contribution in [0.3, 0.4) is 0 Å². The van der Waals surface area contributed by atoms with Crippen LogP contribution in [0.15, 0.2) is 0 Å². The van der Waals surface area contributed by atoms with Gasteiger partial charge in [0.15, 0.2) is 0 Å². The number of esters is 2. The number of carbonyl (C=O) groups is 8. The van der Waals surface area contributed by atoms with Crippen molar-refractivity contribution in [3.05, 3.63) is 0 Å². The third kappa shape index (κ3) is 36.4. The second-order valence-corrected chi connectivity index (χ2v) is 18.4. The van der Waals surface area contributed by atoms with Crippen molar-refractivity contribution < 1.29 is 58.0 Å². The standard InChI is InChI=1S/C48H87N5O12S/c1-3-5-7-9-11-13-15-17-19-21-23-25-27-29-44(59)64-36-38(65-45(60)30-28-26-24-22-20-18-16-14-12-10-8-6-4-2)37-66-32-31-41(55)53(39(48(62)63)33-43(57)58)42(56)35-51-40(54)34-52-47(61)46(49)50/h38-39,46H,3-37,49-50H2,1-2H3,(H,51,54)(H,52,61)(H,57,58)(H,62,63)/t38-,39?/m1/s1. The molecule has 0 bridgehead atoms. The fourth-order valence-electron chi connectivity index (χ4n) is 7.24. The van der Waals surface area contributed by atoms with Gasteiger partial charge in [0.05, 0.1) is 19.5 Å². The van der Waals surface area contributed by atoms with Gasteiger partial charge in [-0.15, -0.1) is 0 Å². The Hall–Kier alpha value is -3.77. The first-order valence-corrected chi connectivity index (χ1v) is 26.2. The van der Waals surface area contributed by atoms with Gasteiger partial charge in [0, 0.05) is 30.8 Å². The number of amides is 4. The zero-order valence-corrected chi connectivity index (χ0v) is 41.3. The van der Waals surface area contributed by atoms with E-state index < -0.39 is 91.7 Å². The lowest BCUT2D eigenvalue weighted by molar-refractivity contribution is -0.160. The number of aliphatic carboxylic acids is 2. The summed E-state index contributed by atoms with van der Waals surface area (Å²) in [5, 5.41) is 23.4. The van der Waals surface area contributed by atoms with Crippen LogP contribution >= 0.6 is 11.8 Å². The predicted octanol–water partition coefficient (Wildman–Crippen LogP) is 7.29. The third-order valence-electron chi connectivity index (χ3n) is 11.1. The van der Waals surface area contributed by atoms with Crippen molar-refractivity contribution >= 4 is 59.3 Å². The number of thioether (sulfide) groups is 1. The first kappa shape index (κ1) is 62.2. The monoisotopic (exact) mass is 958 g/mol. The second-order valence-electron chi connectivity index (χ2n) is 17.2. The maximum atomic E-state index is 13.3. The first-order valence-electron chi connectivity index (χ1n) is 25.0. The van der Waals surface area contributed by atoms with E-state index in [-0.39, 0.29) is 35.9 Å². The summed E-state index contributed by atoms with van der Waals surface area (Å²) in [7, 11) is 0. The van der Waals surface area contributed by atoms with Gasteiger partial charge in [-0.25, -0.2) is 4.79 Å². The normalized spacial score (nSPS) is 12.0. The van der Waals surface area contributed by atoms with Crippen molar-refractivity contribution in [3.8, 4) is 0 Å². The molecule has 0 aliphatic carbocycles. The molecule has 0 aromatic rings. The molecule has 4 amide bonds. The van der Waals surface area contributed by atoms with Crippen LogP contribution in [0.1, 0.15) is 206 Å². The van der Waals surface area contributed by atoms with Crippen molar-refractivity contribution in [3.63, 3.8) is 0 Å². The van der Waals surface area contributed by atoms with Gasteiger partial charge >= 0.3 is 23.9 Å². The molecule has 0 spiro atoms. The molecule has 0 heterocycles. The van der Waals surface area contributed by atoms with E-state index in [0.29, 0.717) is 12.8 Å². The smallest absolute Gasteiger partial charge is 0.327 e. The Morgan fingerprint density at radius 1 is 0.561 bits per heavy atom. The van der Waals surface area contributed by atoms with E-state index in [1.165, 1.54) is 116 Å². The quantitative estimate of drug-likeness (QED) is 0.0199. The predicted molar refractivity (Wildman–Crippen MR) is 257 cm³/mol. The van der Waals surface area contributed by atoms with Crippen molar-refractivity contribution in [2.75, 3.05) is 31.2 Å². The highest BCUT2D eigenvalue weighted by atomic mass is 32.2. The molecular formula is C48H87N5O12S. The van der Waals surface area contributed by atoms with E-state index in [2.05, 4.69) is 24.5 Å². The van der Waals surface area contributed by atoms with Gasteiger partial charge in [0.2, 0.25) is 17.7 Å². The number of nitrogens with two attached hydrogens (primary N) is 2. The Labute approximate surface area is 399 Å². The number of unbranched alkanes of at least 4 members (excludes halogenated alkanes) is 24. The lowest BCUT2D eigenvalue weighted by atomic mass is 10.0. The summed E-state index contributed by atoms with van der Waals surface area (Å²) in [5.74, 6) is -8.00. The molecule has 0 aromatic heterocycles. The zero-order valence-electron chi connectivity index (χ0n) is 40.5. The van der Waals surface area contributed by atoms with E-state index >= 15 is 0 Å². The van der Waals surface area contributed by atoms with Gasteiger partial charge in [0.25, 0.3) is 5.91 Å². The largest absolute Gasteiger partial charge is 0.481 e. The molecule has 8 N–H and O–H groups in total. The number of nitrogens with one attached hydrogen (secondary N) is 2. The SMILES string of the molecule is CCCCCCCCCCCCCCCC(=O)OC[C@H](CSCCC(=O)N(C(=O)CNC(=O)CNC(=O)C(N)N)C(CC(=O)O)C(=O)O)OC(=O)CCCCCCCCCCCCCCC. The molecule has 2 atom stereocenters. The van der Waals surface area contributed by atoms with Crippen molar-refractivity contribution in [1.82, 2.24) is 15.5 Å². The zero-order chi connectivity index (χ0) is 49.2. The second kappa shape index (κ2) is 42.6. The van der Waals surface area contributed by atoms with Crippen LogP contribution in [-0.4, -0.2) is 112 Å². The average molecular weight is 958 g/mol. The Morgan fingerprint density at radius 2 is 1.00 bits per heavy atom. The van der Waals surface area contributed by atoms with Crippen molar-refractivity contribution in [1.29, 1.82) is 0 Å². The number of nitrogens with zero attached hydrogens (tertiary/aromatic N) is 1. The maximum Gasteiger partial charge on any atom is 0.327 e. The topological polar surface area (TPSA) is 275 Å². The number of ether oxygens (including phenoxy) is 2. The van der Waals surface area contributed by atoms with Gasteiger partial charge < -0.3 is 41.8 Å². The van der Waals surface area contributed by atoms with Crippen LogP contribution in [-0.2, 0) is 47.8 Å². The van der Waals surface area contributed by atoms with Gasteiger partial charge in [-0.3, -0.25) is 38.5 Å². The first-order chi connectivity index (χ1) is 31.7. The molecule has 18 heteroatoms. The highest BCUT2D eigenvalue weighted by Crippen LogP contribution is 2.17. The number of rotatable bonds is 45. The van der Waals surface area contributed by atoms with Gasteiger partial charge in [-0.2, -0.15) is 11.8 Å². The molecule has 0 saturated heterocycles. The summed E-state index contributed by atoms with van der Waals surface area (Å²) in [4.78, 5) is 99.6. The molecule has 382 valence electrons. The molecule has 0 saturated carbocycles. The Kier molecular flexibility index (Phi) is 40.1. The number of carboxylic acid groups (broad SMARTS) is 2. The molecule has 17 nitrogen and oxygen atoms in total. The molecule has 0 fully saturated rings. The van der Waals surface area contributed by atoms with Gasteiger partial charge in [-0.1, -0.05) is 168 Å². The molecule has 66 heavy (non-hydrogen) atoms. The fourth-order valence-corrected chi connectivity index (χ4v) is 8.15. The number of hydrogen-bond acceptors (Lipinski definition) is 13. The van der Waals surface area contributed by atoms with Crippen molar-refractivity contribution in [2.45, 2.75) is 225 Å². The number of hydrogen-bond donors (Lipinski definition) is 6. The summed E-state index contributed by atoms with van der Waals surface area (Å²) in [6, 6.07) is -2.08. The van der Waals surface area contributed by atoms with E-state index in [1.807, 2.05) is 0 Å². The van der Waals surface area contributed by atoms with Gasteiger partial charge in [0.1, 0.15) is 24.9 Å². The van der Waals surface area contributed by atoms with Gasteiger partial charge in [-0.05, 0) is 12.8 Å². The minimum absolute atomic E-state index is 0.000425. The van der Waals surface area contributed by atoms with Crippen LogP contribution in [0, 0.1) is 0 Å². The number of carboxylic acids is 2. The highest BCUT2D eigenvalue weighted by molar-refractivity contribution is 7.99. The lowest BCUT2D eigenvalue weighted by Crippen LogP contribution is -2.54. The third-order valence-corrected chi connectivity index (χ3v) is 12.2. The van der Waals surface area contributed by atoms with E-state index in [1.54, 1.807) is 0 Å². The minimum atomic E-state index is -2.08. The van der Waals surface area contributed by atoms with E-state index in [4.69, 9.17) is 20.9 Å².